The first kappa shape index (κ1) is 16.8. The zero-order chi connectivity index (χ0) is 18.6. The molecule has 0 aliphatic rings. The molecule has 4 aromatic rings. The molecule has 0 saturated carbocycles. The van der Waals surface area contributed by atoms with Crippen LogP contribution in [0.4, 0.5) is 5.69 Å². The van der Waals surface area contributed by atoms with Crippen molar-refractivity contribution in [2.45, 2.75) is 6.92 Å². The predicted molar refractivity (Wildman–Crippen MR) is 107 cm³/mol. The Balaban J connectivity index is 1.56. The van der Waals surface area contributed by atoms with Crippen LogP contribution in [0, 0.1) is 0 Å². The van der Waals surface area contributed by atoms with Gasteiger partial charge in [-0.25, -0.2) is 0 Å². The van der Waals surface area contributed by atoms with Gasteiger partial charge >= 0.3 is 0 Å². The summed E-state index contributed by atoms with van der Waals surface area (Å²) in [6, 6.07) is 23.2. The topological polar surface area (TPSA) is 67.0 Å². The van der Waals surface area contributed by atoms with Crippen LogP contribution in [0.1, 0.15) is 17.4 Å². The summed E-state index contributed by atoms with van der Waals surface area (Å²) >= 11 is 0. The maximum Gasteiger partial charge on any atom is 0.273 e. The molecule has 0 fully saturated rings. The first-order valence-electron chi connectivity index (χ1n) is 8.82. The van der Waals surface area contributed by atoms with Crippen LogP contribution in [0.2, 0.25) is 0 Å². The number of H-pyrrole nitrogens is 1. The van der Waals surface area contributed by atoms with Crippen molar-refractivity contribution < 1.29 is 9.53 Å². The van der Waals surface area contributed by atoms with E-state index in [9.17, 15) is 4.79 Å². The summed E-state index contributed by atoms with van der Waals surface area (Å²) in [5.74, 6) is 0.536. The second kappa shape index (κ2) is 7.33. The third-order valence-corrected chi connectivity index (χ3v) is 4.31. The summed E-state index contributed by atoms with van der Waals surface area (Å²) < 4.78 is 5.41. The number of hydrogen-bond acceptors (Lipinski definition) is 3. The van der Waals surface area contributed by atoms with Crippen LogP contribution in [0.25, 0.3) is 22.0 Å². The highest BCUT2D eigenvalue weighted by molar-refractivity contribution is 6.04. The fourth-order valence-corrected chi connectivity index (χ4v) is 3.02. The van der Waals surface area contributed by atoms with Crippen molar-refractivity contribution in [2.24, 2.45) is 0 Å². The Hall–Kier alpha value is -3.60. The molecule has 134 valence electrons. The lowest BCUT2D eigenvalue weighted by molar-refractivity contribution is 0.102. The fraction of sp³-hybridized carbons (Fsp3) is 0.0909. The summed E-state index contributed by atoms with van der Waals surface area (Å²) in [6.45, 7) is 2.54. The van der Waals surface area contributed by atoms with Crippen LogP contribution in [-0.2, 0) is 0 Å². The van der Waals surface area contributed by atoms with Gasteiger partial charge in [-0.15, -0.1) is 0 Å². The van der Waals surface area contributed by atoms with E-state index in [0.717, 1.165) is 27.8 Å². The Bertz CT molecular complexity index is 1080. The van der Waals surface area contributed by atoms with Gasteiger partial charge in [0, 0.05) is 11.3 Å². The lowest BCUT2D eigenvalue weighted by Gasteiger charge is -2.06. The van der Waals surface area contributed by atoms with Gasteiger partial charge in [0.2, 0.25) is 0 Å². The van der Waals surface area contributed by atoms with E-state index in [4.69, 9.17) is 4.74 Å². The minimum Gasteiger partial charge on any atom is -0.494 e. The van der Waals surface area contributed by atoms with Gasteiger partial charge < -0.3 is 10.1 Å². The number of amides is 1. The van der Waals surface area contributed by atoms with E-state index in [1.807, 2.05) is 55.5 Å². The number of ether oxygens (including phenoxy) is 1. The van der Waals surface area contributed by atoms with Gasteiger partial charge in [0.25, 0.3) is 5.91 Å². The summed E-state index contributed by atoms with van der Waals surface area (Å²) in [6.07, 6.45) is 0. The van der Waals surface area contributed by atoms with E-state index in [1.165, 1.54) is 0 Å². The van der Waals surface area contributed by atoms with Crippen LogP contribution in [0.3, 0.4) is 0 Å². The molecule has 0 atom stereocenters. The van der Waals surface area contributed by atoms with Crippen molar-refractivity contribution in [3.63, 3.8) is 0 Å². The molecule has 0 radical (unpaired) electrons. The highest BCUT2D eigenvalue weighted by Crippen LogP contribution is 2.27. The molecule has 0 spiro atoms. The van der Waals surface area contributed by atoms with Gasteiger partial charge in [0.15, 0.2) is 0 Å². The van der Waals surface area contributed by atoms with Crippen molar-refractivity contribution in [1.29, 1.82) is 0 Å². The van der Waals surface area contributed by atoms with Crippen molar-refractivity contribution in [2.75, 3.05) is 11.9 Å². The highest BCUT2D eigenvalue weighted by Gasteiger charge is 2.13. The number of benzene rings is 3. The Morgan fingerprint density at radius 1 is 1.04 bits per heavy atom. The smallest absolute Gasteiger partial charge is 0.273 e. The molecule has 5 nitrogen and oxygen atoms in total. The fourth-order valence-electron chi connectivity index (χ4n) is 3.02. The molecule has 0 aliphatic carbocycles. The molecule has 0 aliphatic heterocycles. The van der Waals surface area contributed by atoms with Crippen molar-refractivity contribution >= 4 is 22.4 Å². The molecule has 0 unspecified atom stereocenters. The van der Waals surface area contributed by atoms with Crippen LogP contribution in [0.5, 0.6) is 5.75 Å². The number of nitrogens with one attached hydrogen (secondary N) is 2. The molecule has 2 N–H and O–H groups in total. The Morgan fingerprint density at radius 2 is 1.81 bits per heavy atom. The van der Waals surface area contributed by atoms with Crippen LogP contribution < -0.4 is 10.1 Å². The first-order valence-corrected chi connectivity index (χ1v) is 8.82. The van der Waals surface area contributed by atoms with Crippen molar-refractivity contribution in [3.8, 4) is 17.0 Å². The van der Waals surface area contributed by atoms with Crippen LogP contribution in [-0.4, -0.2) is 22.7 Å². The van der Waals surface area contributed by atoms with Gasteiger partial charge in [-0.3, -0.25) is 9.89 Å². The van der Waals surface area contributed by atoms with Crippen molar-refractivity contribution in [3.05, 3.63) is 78.5 Å². The van der Waals surface area contributed by atoms with Crippen LogP contribution in [0.15, 0.2) is 72.8 Å². The number of aromatic nitrogens is 2. The largest absolute Gasteiger partial charge is 0.494 e. The summed E-state index contributed by atoms with van der Waals surface area (Å²) in [7, 11) is 0. The van der Waals surface area contributed by atoms with E-state index in [0.29, 0.717) is 18.0 Å². The first-order chi connectivity index (χ1) is 13.2. The number of carbonyl (C=O) groups excluding carboxylic acids is 1. The zero-order valence-corrected chi connectivity index (χ0v) is 14.9. The quantitative estimate of drug-likeness (QED) is 0.535. The second-order valence-corrected chi connectivity index (χ2v) is 6.11. The molecule has 27 heavy (non-hydrogen) atoms. The SMILES string of the molecule is CCOc1ccc(NC(=O)c2cc(-c3cccc4ccccc34)n[nH]2)cc1. The monoisotopic (exact) mass is 357 g/mol. The number of rotatable bonds is 5. The van der Waals surface area contributed by atoms with Crippen LogP contribution >= 0.6 is 0 Å². The van der Waals surface area contributed by atoms with E-state index < -0.39 is 0 Å². The van der Waals surface area contributed by atoms with Gasteiger partial charge in [-0.1, -0.05) is 42.5 Å². The molecule has 5 heteroatoms. The molecule has 0 bridgehead atoms. The number of anilines is 1. The highest BCUT2D eigenvalue weighted by atomic mass is 16.5. The van der Waals surface area contributed by atoms with E-state index >= 15 is 0 Å². The van der Waals surface area contributed by atoms with E-state index in [2.05, 4.69) is 33.7 Å². The minimum absolute atomic E-state index is 0.238. The maximum atomic E-state index is 12.5. The second-order valence-electron chi connectivity index (χ2n) is 6.11. The molecule has 4 rings (SSSR count). The molecule has 1 heterocycles. The van der Waals surface area contributed by atoms with Gasteiger partial charge in [-0.05, 0) is 48.0 Å². The maximum absolute atomic E-state index is 12.5. The third kappa shape index (κ3) is 3.53. The lowest BCUT2D eigenvalue weighted by Crippen LogP contribution is -2.12. The average molecular weight is 357 g/mol. The van der Waals surface area contributed by atoms with E-state index in [1.54, 1.807) is 6.07 Å². The Morgan fingerprint density at radius 3 is 2.63 bits per heavy atom. The third-order valence-electron chi connectivity index (χ3n) is 4.31. The predicted octanol–water partition coefficient (Wildman–Crippen LogP) is 4.88. The van der Waals surface area contributed by atoms with E-state index in [-0.39, 0.29) is 5.91 Å². The number of aromatic amines is 1. The number of carbonyl (C=O) groups is 1. The Labute approximate surface area is 157 Å². The number of hydrogen-bond donors (Lipinski definition) is 2. The zero-order valence-electron chi connectivity index (χ0n) is 14.9. The molecular weight excluding hydrogens is 338 g/mol. The summed E-state index contributed by atoms with van der Waals surface area (Å²) in [5.41, 5.74) is 2.84. The van der Waals surface area contributed by atoms with Gasteiger partial charge in [-0.2, -0.15) is 5.10 Å². The van der Waals surface area contributed by atoms with Gasteiger partial charge in [0.05, 0.1) is 12.3 Å². The Kier molecular flexibility index (Phi) is 4.58. The molecule has 0 saturated heterocycles. The minimum atomic E-state index is -0.238. The standard InChI is InChI=1S/C22H19N3O2/c1-2-27-17-12-10-16(11-13-17)23-22(26)21-14-20(24-25-21)19-9-5-7-15-6-3-4-8-18(15)19/h3-14H,2H2,1H3,(H,23,26)(H,24,25). The number of fused-ring (bicyclic) bond motifs is 1. The van der Waals surface area contributed by atoms with Crippen molar-refractivity contribution in [1.82, 2.24) is 10.2 Å². The lowest BCUT2D eigenvalue weighted by atomic mass is 10.0. The molecule has 3 aromatic carbocycles. The normalized spacial score (nSPS) is 10.7. The molecular formula is C22H19N3O2. The molecule has 1 amide bonds. The molecule has 1 aromatic heterocycles. The average Bonchev–Trinajstić information content (AvgIpc) is 3.19. The van der Waals surface area contributed by atoms with Gasteiger partial charge in [0.1, 0.15) is 11.4 Å². The summed E-state index contributed by atoms with van der Waals surface area (Å²) in [5, 5.41) is 12.3. The number of nitrogens with zero attached hydrogens (tertiary/aromatic N) is 1. The summed E-state index contributed by atoms with van der Waals surface area (Å²) in [4.78, 5) is 12.5.